The van der Waals surface area contributed by atoms with Crippen LogP contribution in [-0.2, 0) is 11.2 Å². The number of nitrogens with zero attached hydrogens (tertiary/aromatic N) is 3. The lowest BCUT2D eigenvalue weighted by Crippen LogP contribution is -2.43. The average Bonchev–Trinajstić information content (AvgIpc) is 3.12. The number of hydrogen-bond donors (Lipinski definition) is 0. The molecule has 2 aliphatic rings. The van der Waals surface area contributed by atoms with E-state index >= 15 is 0 Å². The minimum Gasteiger partial charge on any atom is -0.483 e. The highest BCUT2D eigenvalue weighted by molar-refractivity contribution is 5.78. The molecule has 0 bridgehead atoms. The second kappa shape index (κ2) is 8.30. The number of aromatic nitrogens is 2. The minimum atomic E-state index is -0.247. The summed E-state index contributed by atoms with van der Waals surface area (Å²) in [7, 11) is 0. The normalized spacial score (nSPS) is 17.6. The Hall–Kier alpha value is -3.35. The molecular formula is C25H27N3O4. The number of amides is 1. The summed E-state index contributed by atoms with van der Waals surface area (Å²) in [6, 6.07) is 13.6. The van der Waals surface area contributed by atoms with Gasteiger partial charge in [-0.2, -0.15) is 0 Å². The quantitative estimate of drug-likeness (QED) is 0.610. The third kappa shape index (κ3) is 4.33. The number of para-hydroxylation sites is 3. The molecule has 0 radical (unpaired) electrons. The molecule has 1 fully saturated rings. The van der Waals surface area contributed by atoms with Crippen molar-refractivity contribution in [3.05, 3.63) is 54.2 Å². The van der Waals surface area contributed by atoms with E-state index in [0.717, 1.165) is 41.6 Å². The summed E-state index contributed by atoms with van der Waals surface area (Å²) in [5.41, 5.74) is 2.53. The SMILES string of the molecule is CC1(C)Cc2cccc(OCC(=O)N3CCC(Oc4cnc5ccccc5n4)CC3)c2O1. The van der Waals surface area contributed by atoms with Gasteiger partial charge in [-0.15, -0.1) is 0 Å². The van der Waals surface area contributed by atoms with E-state index in [-0.39, 0.29) is 24.2 Å². The maximum absolute atomic E-state index is 12.7. The summed E-state index contributed by atoms with van der Waals surface area (Å²) in [6.45, 7) is 5.37. The summed E-state index contributed by atoms with van der Waals surface area (Å²) in [4.78, 5) is 23.5. The van der Waals surface area contributed by atoms with Gasteiger partial charge in [-0.05, 0) is 32.0 Å². The van der Waals surface area contributed by atoms with Gasteiger partial charge >= 0.3 is 0 Å². The third-order valence-electron chi connectivity index (χ3n) is 5.91. The van der Waals surface area contributed by atoms with E-state index in [2.05, 4.69) is 23.8 Å². The van der Waals surface area contributed by atoms with Crippen molar-refractivity contribution >= 4 is 16.9 Å². The van der Waals surface area contributed by atoms with Crippen molar-refractivity contribution in [3.63, 3.8) is 0 Å². The van der Waals surface area contributed by atoms with Crippen LogP contribution in [-0.4, -0.2) is 52.2 Å². The zero-order valence-corrected chi connectivity index (χ0v) is 18.4. The van der Waals surface area contributed by atoms with E-state index in [1.807, 2.05) is 47.4 Å². The van der Waals surface area contributed by atoms with Gasteiger partial charge < -0.3 is 19.1 Å². The predicted octanol–water partition coefficient (Wildman–Crippen LogP) is 3.79. The molecule has 1 amide bonds. The Bertz CT molecular complexity index is 1140. The van der Waals surface area contributed by atoms with Crippen LogP contribution in [0.25, 0.3) is 11.0 Å². The number of rotatable bonds is 5. The number of ether oxygens (including phenoxy) is 3. The molecule has 32 heavy (non-hydrogen) atoms. The number of likely N-dealkylation sites (tertiary alicyclic amines) is 1. The van der Waals surface area contributed by atoms with Gasteiger partial charge in [-0.25, -0.2) is 9.97 Å². The van der Waals surface area contributed by atoms with Crippen molar-refractivity contribution in [2.45, 2.75) is 44.8 Å². The van der Waals surface area contributed by atoms with Gasteiger partial charge in [-0.1, -0.05) is 24.3 Å². The van der Waals surface area contributed by atoms with Crippen molar-refractivity contribution in [1.29, 1.82) is 0 Å². The lowest BCUT2D eigenvalue weighted by molar-refractivity contribution is -0.135. The molecule has 7 heteroatoms. The lowest BCUT2D eigenvalue weighted by atomic mass is 10.0. The summed E-state index contributed by atoms with van der Waals surface area (Å²) >= 11 is 0. The van der Waals surface area contributed by atoms with Crippen molar-refractivity contribution in [2.75, 3.05) is 19.7 Å². The van der Waals surface area contributed by atoms with E-state index in [9.17, 15) is 4.79 Å². The molecule has 0 N–H and O–H groups in total. The van der Waals surface area contributed by atoms with E-state index in [0.29, 0.717) is 24.7 Å². The van der Waals surface area contributed by atoms with Crippen LogP contribution in [0.4, 0.5) is 0 Å². The second-order valence-corrected chi connectivity index (χ2v) is 8.97. The summed E-state index contributed by atoms with van der Waals surface area (Å²) in [5.74, 6) is 1.89. The fourth-order valence-corrected chi connectivity index (χ4v) is 4.32. The molecule has 166 valence electrons. The Kier molecular flexibility index (Phi) is 5.33. The highest BCUT2D eigenvalue weighted by Crippen LogP contribution is 2.41. The highest BCUT2D eigenvalue weighted by atomic mass is 16.5. The molecule has 1 saturated heterocycles. The topological polar surface area (TPSA) is 73.8 Å². The number of piperidine rings is 1. The number of fused-ring (bicyclic) bond motifs is 2. The van der Waals surface area contributed by atoms with Crippen molar-refractivity contribution in [2.24, 2.45) is 0 Å². The van der Waals surface area contributed by atoms with Crippen LogP contribution in [0.15, 0.2) is 48.7 Å². The first-order valence-electron chi connectivity index (χ1n) is 11.1. The van der Waals surface area contributed by atoms with Crippen LogP contribution in [0.3, 0.4) is 0 Å². The first kappa shape index (κ1) is 20.5. The Morgan fingerprint density at radius 2 is 1.91 bits per heavy atom. The molecule has 0 atom stereocenters. The number of hydrogen-bond acceptors (Lipinski definition) is 6. The van der Waals surface area contributed by atoms with Crippen LogP contribution >= 0.6 is 0 Å². The number of carbonyl (C=O) groups excluding carboxylic acids is 1. The molecule has 2 aromatic carbocycles. The standard InChI is InChI=1S/C25H27N3O4/c1-25(2)14-17-6-5-9-21(24(17)32-25)30-16-23(29)28-12-10-18(11-13-28)31-22-15-26-19-7-3-4-8-20(19)27-22/h3-9,15,18H,10-14,16H2,1-2H3. The van der Waals surface area contributed by atoms with Gasteiger partial charge in [0.2, 0.25) is 5.88 Å². The first-order valence-corrected chi connectivity index (χ1v) is 11.1. The molecule has 0 saturated carbocycles. The molecule has 3 aromatic rings. The zero-order valence-electron chi connectivity index (χ0n) is 18.4. The van der Waals surface area contributed by atoms with Crippen LogP contribution in [0.5, 0.6) is 17.4 Å². The Balaban J connectivity index is 1.13. The summed E-state index contributed by atoms with van der Waals surface area (Å²) < 4.78 is 17.9. The van der Waals surface area contributed by atoms with Crippen molar-refractivity contribution < 1.29 is 19.0 Å². The molecule has 0 spiro atoms. The van der Waals surface area contributed by atoms with Crippen molar-refractivity contribution in [1.82, 2.24) is 14.9 Å². The van der Waals surface area contributed by atoms with Gasteiger partial charge in [0, 0.05) is 37.9 Å². The molecule has 2 aliphatic heterocycles. The summed E-state index contributed by atoms with van der Waals surface area (Å²) in [5, 5.41) is 0. The minimum absolute atomic E-state index is 0.00190. The monoisotopic (exact) mass is 433 g/mol. The van der Waals surface area contributed by atoms with Gasteiger partial charge in [0.25, 0.3) is 5.91 Å². The van der Waals surface area contributed by atoms with Gasteiger partial charge in [-0.3, -0.25) is 4.79 Å². The number of benzene rings is 2. The van der Waals surface area contributed by atoms with Crippen LogP contribution in [0, 0.1) is 0 Å². The first-order chi connectivity index (χ1) is 15.5. The molecule has 0 unspecified atom stereocenters. The molecular weight excluding hydrogens is 406 g/mol. The van der Waals surface area contributed by atoms with E-state index in [1.165, 1.54) is 0 Å². The fraction of sp³-hybridized carbons (Fsp3) is 0.400. The van der Waals surface area contributed by atoms with Crippen LogP contribution < -0.4 is 14.2 Å². The largest absolute Gasteiger partial charge is 0.483 e. The van der Waals surface area contributed by atoms with Gasteiger partial charge in [0.05, 0.1) is 17.2 Å². The fourth-order valence-electron chi connectivity index (χ4n) is 4.32. The van der Waals surface area contributed by atoms with Gasteiger partial charge in [0.1, 0.15) is 11.7 Å². The highest BCUT2D eigenvalue weighted by Gasteiger charge is 2.32. The molecule has 1 aromatic heterocycles. The maximum Gasteiger partial charge on any atom is 0.260 e. The van der Waals surface area contributed by atoms with E-state index < -0.39 is 0 Å². The zero-order chi connectivity index (χ0) is 22.1. The molecule has 3 heterocycles. The smallest absolute Gasteiger partial charge is 0.260 e. The molecule has 7 nitrogen and oxygen atoms in total. The van der Waals surface area contributed by atoms with Crippen LogP contribution in [0.1, 0.15) is 32.3 Å². The predicted molar refractivity (Wildman–Crippen MR) is 120 cm³/mol. The van der Waals surface area contributed by atoms with Gasteiger partial charge in [0.15, 0.2) is 18.1 Å². The Morgan fingerprint density at radius 1 is 1.12 bits per heavy atom. The molecule has 0 aliphatic carbocycles. The molecule has 5 rings (SSSR count). The third-order valence-corrected chi connectivity index (χ3v) is 5.91. The second-order valence-electron chi connectivity index (χ2n) is 8.97. The van der Waals surface area contributed by atoms with E-state index in [4.69, 9.17) is 14.2 Å². The average molecular weight is 434 g/mol. The number of carbonyl (C=O) groups is 1. The Morgan fingerprint density at radius 3 is 2.72 bits per heavy atom. The van der Waals surface area contributed by atoms with Crippen molar-refractivity contribution in [3.8, 4) is 17.4 Å². The Labute approximate surface area is 187 Å². The summed E-state index contributed by atoms with van der Waals surface area (Å²) in [6.07, 6.45) is 4.01. The van der Waals surface area contributed by atoms with Crippen LogP contribution in [0.2, 0.25) is 0 Å². The van der Waals surface area contributed by atoms with E-state index in [1.54, 1.807) is 6.20 Å². The maximum atomic E-state index is 12.7. The lowest BCUT2D eigenvalue weighted by Gasteiger charge is -2.31.